The number of imide groups is 1. The van der Waals surface area contributed by atoms with Gasteiger partial charge in [0.05, 0.1) is 18.7 Å². The minimum Gasteiger partial charge on any atom is -0.495 e. The lowest BCUT2D eigenvalue weighted by atomic mass is 10.3. The number of amides is 3. The first kappa shape index (κ1) is 14.6. The van der Waals surface area contributed by atoms with Gasteiger partial charge in [0.15, 0.2) is 6.10 Å². The van der Waals surface area contributed by atoms with Gasteiger partial charge in [-0.2, -0.15) is 0 Å². The van der Waals surface area contributed by atoms with Gasteiger partial charge < -0.3 is 19.5 Å². The number of hydrogen-bond acceptors (Lipinski definition) is 5. The van der Waals surface area contributed by atoms with Gasteiger partial charge >= 0.3 is 6.03 Å². The van der Waals surface area contributed by atoms with Crippen LogP contribution in [0.3, 0.4) is 0 Å². The molecule has 1 atom stereocenters. The van der Waals surface area contributed by atoms with Gasteiger partial charge in [0.2, 0.25) is 0 Å². The van der Waals surface area contributed by atoms with Crippen LogP contribution in [0.15, 0.2) is 18.2 Å². The van der Waals surface area contributed by atoms with Crippen LogP contribution in [-0.2, 0) is 14.3 Å². The van der Waals surface area contributed by atoms with E-state index in [-0.39, 0.29) is 13.4 Å². The highest BCUT2D eigenvalue weighted by molar-refractivity contribution is 6.32. The van der Waals surface area contributed by atoms with Gasteiger partial charge in [0.1, 0.15) is 12.5 Å². The molecule has 1 aliphatic heterocycles. The van der Waals surface area contributed by atoms with Crippen LogP contribution < -0.4 is 15.4 Å². The molecule has 1 heterocycles. The summed E-state index contributed by atoms with van der Waals surface area (Å²) in [5.74, 6) is -0.0650. The number of hydrogen-bond donors (Lipinski definition) is 2. The molecule has 1 saturated heterocycles. The van der Waals surface area contributed by atoms with Crippen molar-refractivity contribution in [3.63, 3.8) is 0 Å². The minimum atomic E-state index is -0.764. The second kappa shape index (κ2) is 6.56. The Hall–Kier alpha value is -1.83. The molecule has 0 aliphatic carbocycles. The Morgan fingerprint density at radius 3 is 2.85 bits per heavy atom. The molecule has 20 heavy (non-hydrogen) atoms. The van der Waals surface area contributed by atoms with Crippen LogP contribution in [0, 0.1) is 0 Å². The molecule has 8 heteroatoms. The highest BCUT2D eigenvalue weighted by Gasteiger charge is 2.25. The molecule has 0 saturated carbocycles. The molecule has 108 valence electrons. The molecule has 2 rings (SSSR count). The Balaban J connectivity index is 1.90. The molecule has 0 aromatic heterocycles. The summed E-state index contributed by atoms with van der Waals surface area (Å²) in [6.07, 6.45) is -0.764. The maximum absolute atomic E-state index is 11.6. The van der Waals surface area contributed by atoms with Crippen LogP contribution in [0.25, 0.3) is 0 Å². The number of urea groups is 1. The van der Waals surface area contributed by atoms with Crippen LogP contribution >= 0.6 is 11.6 Å². The Bertz CT molecular complexity index is 517. The number of nitrogens with one attached hydrogen (secondary N) is 2. The first-order valence-electron chi connectivity index (χ1n) is 5.75. The molecule has 1 aliphatic rings. The number of ether oxygens (including phenoxy) is 3. The topological polar surface area (TPSA) is 85.9 Å². The molecule has 2 N–H and O–H groups in total. The van der Waals surface area contributed by atoms with Gasteiger partial charge in [-0.15, -0.1) is 0 Å². The normalized spacial score (nSPS) is 17.6. The fraction of sp³-hybridized carbons (Fsp3) is 0.333. The van der Waals surface area contributed by atoms with E-state index in [1.165, 1.54) is 13.2 Å². The number of carbonyl (C=O) groups excluding carboxylic acids is 2. The molecular formula is C12H13ClN2O5. The van der Waals surface area contributed by atoms with Gasteiger partial charge in [0, 0.05) is 5.69 Å². The Morgan fingerprint density at radius 1 is 1.45 bits per heavy atom. The number of carbonyl (C=O) groups is 2. The van der Waals surface area contributed by atoms with E-state index in [1.54, 1.807) is 12.1 Å². The lowest BCUT2D eigenvalue weighted by Crippen LogP contribution is -2.41. The second-order valence-corrected chi connectivity index (χ2v) is 4.34. The number of halogens is 1. The van der Waals surface area contributed by atoms with E-state index in [0.717, 1.165) is 0 Å². The third-order valence-corrected chi connectivity index (χ3v) is 2.86. The van der Waals surface area contributed by atoms with E-state index >= 15 is 0 Å². The average Bonchev–Trinajstić information content (AvgIpc) is 2.92. The maximum atomic E-state index is 11.6. The van der Waals surface area contributed by atoms with Crippen LogP contribution in [0.4, 0.5) is 10.5 Å². The van der Waals surface area contributed by atoms with E-state index in [2.05, 4.69) is 10.6 Å². The largest absolute Gasteiger partial charge is 0.495 e. The SMILES string of the molecule is COc1ccc(NC(=O)NC(=O)C2COCO2)cc1Cl. The number of methoxy groups -OCH3 is 1. The molecule has 0 radical (unpaired) electrons. The summed E-state index contributed by atoms with van der Waals surface area (Å²) in [4.78, 5) is 23.2. The van der Waals surface area contributed by atoms with Gasteiger partial charge in [-0.05, 0) is 18.2 Å². The fourth-order valence-corrected chi connectivity index (χ4v) is 1.84. The van der Waals surface area contributed by atoms with Crippen molar-refractivity contribution in [2.45, 2.75) is 6.10 Å². The number of rotatable bonds is 3. The highest BCUT2D eigenvalue weighted by atomic mass is 35.5. The fourth-order valence-electron chi connectivity index (χ4n) is 1.58. The van der Waals surface area contributed by atoms with Gasteiger partial charge in [0.25, 0.3) is 5.91 Å². The Kier molecular flexibility index (Phi) is 4.78. The van der Waals surface area contributed by atoms with E-state index < -0.39 is 18.0 Å². The predicted molar refractivity (Wildman–Crippen MR) is 70.9 cm³/mol. The molecule has 0 bridgehead atoms. The first-order valence-corrected chi connectivity index (χ1v) is 6.12. The zero-order chi connectivity index (χ0) is 14.5. The van der Waals surface area contributed by atoms with Gasteiger partial charge in [-0.1, -0.05) is 11.6 Å². The second-order valence-electron chi connectivity index (χ2n) is 3.94. The molecule has 1 unspecified atom stereocenters. The lowest BCUT2D eigenvalue weighted by Gasteiger charge is -2.10. The van der Waals surface area contributed by atoms with E-state index in [9.17, 15) is 9.59 Å². The summed E-state index contributed by atoms with van der Waals surface area (Å²) in [5, 5.41) is 4.98. The summed E-state index contributed by atoms with van der Waals surface area (Å²) in [7, 11) is 1.49. The monoisotopic (exact) mass is 300 g/mol. The summed E-state index contributed by atoms with van der Waals surface area (Å²) in [6, 6.07) is 4.05. The van der Waals surface area contributed by atoms with Crippen molar-refractivity contribution < 1.29 is 23.8 Å². The first-order chi connectivity index (χ1) is 9.60. The van der Waals surface area contributed by atoms with Gasteiger partial charge in [-0.3, -0.25) is 10.1 Å². The third-order valence-electron chi connectivity index (χ3n) is 2.56. The lowest BCUT2D eigenvalue weighted by molar-refractivity contribution is -0.128. The summed E-state index contributed by atoms with van der Waals surface area (Å²) >= 11 is 5.92. The van der Waals surface area contributed by atoms with Gasteiger partial charge in [-0.25, -0.2) is 4.79 Å². The third kappa shape index (κ3) is 3.60. The highest BCUT2D eigenvalue weighted by Crippen LogP contribution is 2.27. The van der Waals surface area contributed by atoms with Crippen molar-refractivity contribution in [1.29, 1.82) is 0 Å². The maximum Gasteiger partial charge on any atom is 0.325 e. The zero-order valence-corrected chi connectivity index (χ0v) is 11.4. The van der Waals surface area contributed by atoms with Crippen molar-refractivity contribution in [3.05, 3.63) is 23.2 Å². The van der Waals surface area contributed by atoms with Crippen molar-refractivity contribution >= 4 is 29.2 Å². The summed E-state index contributed by atoms with van der Waals surface area (Å²) < 4.78 is 14.8. The van der Waals surface area contributed by atoms with Crippen molar-refractivity contribution in [1.82, 2.24) is 5.32 Å². The summed E-state index contributed by atoms with van der Waals surface area (Å²) in [5.41, 5.74) is 0.435. The zero-order valence-electron chi connectivity index (χ0n) is 10.6. The van der Waals surface area contributed by atoms with Crippen molar-refractivity contribution in [3.8, 4) is 5.75 Å². The quantitative estimate of drug-likeness (QED) is 0.880. The van der Waals surface area contributed by atoms with Crippen LogP contribution in [0.5, 0.6) is 5.75 Å². The standard InChI is InChI=1S/C12H13ClN2O5/c1-18-9-3-2-7(4-8(9)13)14-12(17)15-11(16)10-5-19-6-20-10/h2-4,10H,5-6H2,1H3,(H2,14,15,16,17). The molecule has 7 nitrogen and oxygen atoms in total. The van der Waals surface area contributed by atoms with Crippen molar-refractivity contribution in [2.75, 3.05) is 25.8 Å². The van der Waals surface area contributed by atoms with Crippen LogP contribution in [0.2, 0.25) is 5.02 Å². The predicted octanol–water partition coefficient (Wildman–Crippen LogP) is 1.37. The van der Waals surface area contributed by atoms with Crippen LogP contribution in [0.1, 0.15) is 0 Å². The van der Waals surface area contributed by atoms with E-state index in [0.29, 0.717) is 16.5 Å². The van der Waals surface area contributed by atoms with Crippen LogP contribution in [-0.4, -0.2) is 38.6 Å². The molecule has 1 aromatic carbocycles. The van der Waals surface area contributed by atoms with E-state index in [1.807, 2.05) is 0 Å². The Labute approximate surface area is 120 Å². The molecule has 1 aromatic rings. The Morgan fingerprint density at radius 2 is 2.25 bits per heavy atom. The molecular weight excluding hydrogens is 288 g/mol. The van der Waals surface area contributed by atoms with Crippen molar-refractivity contribution in [2.24, 2.45) is 0 Å². The van der Waals surface area contributed by atoms with E-state index in [4.69, 9.17) is 25.8 Å². The number of anilines is 1. The summed E-state index contributed by atoms with van der Waals surface area (Å²) in [6.45, 7) is 0.182. The molecule has 1 fully saturated rings. The molecule has 0 spiro atoms. The smallest absolute Gasteiger partial charge is 0.325 e. The minimum absolute atomic E-state index is 0.0494. The average molecular weight is 301 g/mol. The number of benzene rings is 1. The molecule has 3 amide bonds.